The first kappa shape index (κ1) is 27.0. The number of azo groups is 1. The zero-order valence-electron chi connectivity index (χ0n) is 22.4. The minimum absolute atomic E-state index is 0.00955. The Morgan fingerprint density at radius 3 is 2.59 bits per heavy atom. The van der Waals surface area contributed by atoms with Crippen molar-refractivity contribution in [3.63, 3.8) is 0 Å². The van der Waals surface area contributed by atoms with Crippen molar-refractivity contribution in [2.24, 2.45) is 16.1 Å². The summed E-state index contributed by atoms with van der Waals surface area (Å²) in [6, 6.07) is 19.4. The number of hydrogen-bond donors (Lipinski definition) is 2. The first-order valence-corrected chi connectivity index (χ1v) is 12.9. The third-order valence-electron chi connectivity index (χ3n) is 6.17. The summed E-state index contributed by atoms with van der Waals surface area (Å²) in [6.07, 6.45) is 5.34. The van der Waals surface area contributed by atoms with Crippen LogP contribution in [0.25, 0.3) is 16.7 Å². The molecule has 1 amide bonds. The van der Waals surface area contributed by atoms with Crippen LogP contribution in [0.4, 0.5) is 17.2 Å². The fourth-order valence-corrected chi connectivity index (χ4v) is 4.00. The number of aromatic hydroxyl groups is 1. The lowest BCUT2D eigenvalue weighted by Crippen LogP contribution is -2.12. The van der Waals surface area contributed by atoms with E-state index in [0.717, 1.165) is 6.42 Å². The Kier molecular flexibility index (Phi) is 7.92. The molecule has 0 aliphatic carbocycles. The van der Waals surface area contributed by atoms with Crippen molar-refractivity contribution in [1.82, 2.24) is 19.7 Å². The third kappa shape index (κ3) is 6.02. The van der Waals surface area contributed by atoms with Gasteiger partial charge in [-0.05, 0) is 54.1 Å². The monoisotopic (exact) mass is 546 g/mol. The Bertz CT molecular complexity index is 1760. The van der Waals surface area contributed by atoms with Crippen molar-refractivity contribution in [3.05, 3.63) is 90.4 Å². The van der Waals surface area contributed by atoms with Crippen molar-refractivity contribution in [2.75, 3.05) is 11.9 Å². The summed E-state index contributed by atoms with van der Waals surface area (Å²) >= 11 is 0. The molecule has 0 aliphatic heterocycles. The molecule has 5 rings (SSSR count). The lowest BCUT2D eigenvalue weighted by atomic mass is 10.0. The van der Waals surface area contributed by atoms with Gasteiger partial charge >= 0.3 is 0 Å². The van der Waals surface area contributed by atoms with Gasteiger partial charge in [0.1, 0.15) is 23.1 Å². The summed E-state index contributed by atoms with van der Waals surface area (Å²) in [7, 11) is 0. The van der Waals surface area contributed by atoms with E-state index in [1.54, 1.807) is 54.6 Å². The van der Waals surface area contributed by atoms with E-state index in [0.29, 0.717) is 34.7 Å². The Morgan fingerprint density at radius 2 is 1.85 bits per heavy atom. The molecule has 2 N–H and O–H groups in total. The number of hydrogen-bond acceptors (Lipinski definition) is 9. The van der Waals surface area contributed by atoms with Crippen molar-refractivity contribution >= 4 is 33.9 Å². The first-order valence-electron chi connectivity index (χ1n) is 12.9. The van der Waals surface area contributed by atoms with Crippen LogP contribution in [0.2, 0.25) is 0 Å². The highest BCUT2D eigenvalue weighted by Gasteiger charge is 2.20. The molecule has 0 aliphatic rings. The lowest BCUT2D eigenvalue weighted by molar-refractivity contribution is 0.102. The fraction of sp³-hybridized carbons (Fsp3) is 0.167. The van der Waals surface area contributed by atoms with Crippen LogP contribution in [0.1, 0.15) is 36.2 Å². The number of amides is 1. The molecule has 0 saturated carbocycles. The van der Waals surface area contributed by atoms with Gasteiger partial charge in [-0.2, -0.15) is 15.0 Å². The zero-order valence-corrected chi connectivity index (χ0v) is 22.4. The van der Waals surface area contributed by atoms with Crippen LogP contribution in [-0.2, 0) is 0 Å². The van der Waals surface area contributed by atoms with E-state index in [9.17, 15) is 15.2 Å². The van der Waals surface area contributed by atoms with Gasteiger partial charge < -0.3 is 15.2 Å². The van der Waals surface area contributed by atoms with Gasteiger partial charge in [0.15, 0.2) is 11.6 Å². The van der Waals surface area contributed by atoms with Crippen LogP contribution in [0, 0.1) is 17.2 Å². The number of nitrogens with one attached hydrogen (secondary N) is 1. The van der Waals surface area contributed by atoms with E-state index < -0.39 is 5.91 Å². The molecule has 11 nitrogen and oxygen atoms in total. The Hall–Kier alpha value is -5.63. The van der Waals surface area contributed by atoms with E-state index in [4.69, 9.17) is 4.74 Å². The average molecular weight is 547 g/mol. The van der Waals surface area contributed by atoms with Gasteiger partial charge in [0, 0.05) is 23.5 Å². The number of phenolic OH excluding ortho intramolecular Hbond substituents is 1. The molecule has 41 heavy (non-hydrogen) atoms. The smallest absolute Gasteiger partial charge is 0.259 e. The van der Waals surface area contributed by atoms with Gasteiger partial charge in [0.2, 0.25) is 0 Å². The summed E-state index contributed by atoms with van der Waals surface area (Å²) in [5, 5.41) is 37.5. The maximum Gasteiger partial charge on any atom is 0.259 e. The molecular formula is C30H26N8O3. The predicted molar refractivity (Wildman–Crippen MR) is 153 cm³/mol. The van der Waals surface area contributed by atoms with Gasteiger partial charge in [-0.25, -0.2) is 9.97 Å². The SMILES string of the molecule is CC(C)CCOc1ccc(NC(=O)c2cc3ccccc3c(N=Nc3c(C#N)cnn3-c3ncccn3)c2O)cc1. The quantitative estimate of drug-likeness (QED) is 0.201. The van der Waals surface area contributed by atoms with Gasteiger partial charge in [-0.3, -0.25) is 4.79 Å². The second-order valence-electron chi connectivity index (χ2n) is 9.51. The molecule has 0 radical (unpaired) electrons. The number of carbonyl (C=O) groups is 1. The predicted octanol–water partition coefficient (Wildman–Crippen LogP) is 6.49. The molecule has 0 atom stereocenters. The number of nitrogens with zero attached hydrogens (tertiary/aromatic N) is 7. The minimum atomic E-state index is -0.529. The molecule has 2 heterocycles. The number of anilines is 1. The molecule has 204 valence electrons. The highest BCUT2D eigenvalue weighted by molar-refractivity contribution is 6.11. The fourth-order valence-electron chi connectivity index (χ4n) is 4.00. The summed E-state index contributed by atoms with van der Waals surface area (Å²) in [4.78, 5) is 21.6. The van der Waals surface area contributed by atoms with E-state index in [2.05, 4.69) is 44.5 Å². The third-order valence-corrected chi connectivity index (χ3v) is 6.17. The first-order chi connectivity index (χ1) is 19.9. The zero-order chi connectivity index (χ0) is 28.8. The number of phenols is 1. The second-order valence-corrected chi connectivity index (χ2v) is 9.51. The van der Waals surface area contributed by atoms with E-state index in [1.165, 1.54) is 23.3 Å². The summed E-state index contributed by atoms with van der Waals surface area (Å²) in [5.41, 5.74) is 0.742. The van der Waals surface area contributed by atoms with Crippen LogP contribution in [-0.4, -0.2) is 37.4 Å². The van der Waals surface area contributed by atoms with Crippen LogP contribution in [0.15, 0.2) is 89.5 Å². The Balaban J connectivity index is 1.46. The standard InChI is InChI=1S/C30H26N8O3/c1-19(2)12-15-41-23-10-8-22(9-11-23)35-29(40)25-16-20-6-3-4-7-24(20)26(27(25)39)36-37-28-21(17-31)18-34-38(28)30-32-13-5-14-33-30/h3-11,13-14,16,18-19,39H,12,15H2,1-2H3,(H,35,40). The molecule has 0 spiro atoms. The molecule has 11 heteroatoms. The number of ether oxygens (including phenoxy) is 1. The minimum Gasteiger partial charge on any atom is -0.505 e. The number of fused-ring (bicyclic) bond motifs is 1. The van der Waals surface area contributed by atoms with Crippen molar-refractivity contribution < 1.29 is 14.6 Å². The molecule has 5 aromatic rings. The highest BCUT2D eigenvalue weighted by atomic mass is 16.5. The molecular weight excluding hydrogens is 520 g/mol. The van der Waals surface area contributed by atoms with E-state index in [-0.39, 0.29) is 34.3 Å². The van der Waals surface area contributed by atoms with Crippen LogP contribution >= 0.6 is 0 Å². The summed E-state index contributed by atoms with van der Waals surface area (Å²) < 4.78 is 7.02. The average Bonchev–Trinajstić information content (AvgIpc) is 3.40. The summed E-state index contributed by atoms with van der Waals surface area (Å²) in [5.74, 6) is 0.629. The van der Waals surface area contributed by atoms with E-state index in [1.807, 2.05) is 12.1 Å². The van der Waals surface area contributed by atoms with Crippen molar-refractivity contribution in [2.45, 2.75) is 20.3 Å². The normalized spacial score (nSPS) is 11.2. The summed E-state index contributed by atoms with van der Waals surface area (Å²) in [6.45, 7) is 4.88. The van der Waals surface area contributed by atoms with Crippen molar-refractivity contribution in [1.29, 1.82) is 5.26 Å². The molecule has 0 fully saturated rings. The Morgan fingerprint density at radius 1 is 1.10 bits per heavy atom. The molecule has 0 bridgehead atoms. The Labute approximate surface area is 235 Å². The molecule has 3 aromatic carbocycles. The second kappa shape index (κ2) is 12.0. The molecule has 0 unspecified atom stereocenters. The number of aromatic nitrogens is 4. The lowest BCUT2D eigenvalue weighted by Gasteiger charge is -2.12. The molecule has 2 aromatic heterocycles. The number of nitriles is 1. The van der Waals surface area contributed by atoms with Crippen molar-refractivity contribution in [3.8, 4) is 23.5 Å². The molecule has 0 saturated heterocycles. The van der Waals surface area contributed by atoms with Crippen LogP contribution in [0.3, 0.4) is 0 Å². The highest BCUT2D eigenvalue weighted by Crippen LogP contribution is 2.40. The van der Waals surface area contributed by atoms with Gasteiger partial charge in [0.05, 0.1) is 18.4 Å². The number of carbonyl (C=O) groups excluding carboxylic acids is 1. The number of benzene rings is 3. The van der Waals surface area contributed by atoms with Crippen LogP contribution < -0.4 is 10.1 Å². The van der Waals surface area contributed by atoms with E-state index >= 15 is 0 Å². The largest absolute Gasteiger partial charge is 0.505 e. The number of rotatable bonds is 9. The van der Waals surface area contributed by atoms with Gasteiger partial charge in [0.25, 0.3) is 11.9 Å². The van der Waals surface area contributed by atoms with Gasteiger partial charge in [-0.1, -0.05) is 38.1 Å². The van der Waals surface area contributed by atoms with Gasteiger partial charge in [-0.15, -0.1) is 10.2 Å². The maximum absolute atomic E-state index is 13.3. The van der Waals surface area contributed by atoms with Crippen LogP contribution in [0.5, 0.6) is 11.5 Å². The maximum atomic E-state index is 13.3. The topological polar surface area (TPSA) is 151 Å².